The largest absolute Gasteiger partial charge is 0.321 e. The standard InChI is InChI=1S/C22H16Cl2N4O2/c1-28-18-7-10-26-12-14(18)11-15(22(28)30)19-16(23)3-2-4-17(20(19)24)27-21(29)13-5-8-25-9-6-13/h2-12,16H,1H3,(H,27,29). The molecule has 0 fully saturated rings. The van der Waals surface area contributed by atoms with Gasteiger partial charge in [0.2, 0.25) is 0 Å². The van der Waals surface area contributed by atoms with Crippen molar-refractivity contribution in [2.75, 3.05) is 0 Å². The minimum atomic E-state index is -0.661. The van der Waals surface area contributed by atoms with E-state index in [4.69, 9.17) is 23.2 Å². The van der Waals surface area contributed by atoms with E-state index in [0.717, 1.165) is 10.9 Å². The Bertz CT molecular complexity index is 1290. The fraction of sp³-hybridized carbons (Fsp3) is 0.0909. The van der Waals surface area contributed by atoms with Crippen LogP contribution in [0.4, 0.5) is 0 Å². The average Bonchev–Trinajstić information content (AvgIpc) is 2.89. The molecule has 8 heteroatoms. The van der Waals surface area contributed by atoms with E-state index >= 15 is 0 Å². The first kappa shape index (κ1) is 20.1. The molecular formula is C22H16Cl2N4O2. The van der Waals surface area contributed by atoms with E-state index < -0.39 is 5.38 Å². The van der Waals surface area contributed by atoms with Crippen LogP contribution >= 0.6 is 23.2 Å². The van der Waals surface area contributed by atoms with Gasteiger partial charge in [-0.3, -0.25) is 19.6 Å². The number of pyridine rings is 3. The van der Waals surface area contributed by atoms with E-state index in [-0.39, 0.29) is 16.5 Å². The second-order valence-corrected chi connectivity index (χ2v) is 7.49. The monoisotopic (exact) mass is 438 g/mol. The van der Waals surface area contributed by atoms with Gasteiger partial charge >= 0.3 is 0 Å². The summed E-state index contributed by atoms with van der Waals surface area (Å²) in [4.78, 5) is 33.7. The molecule has 3 aromatic heterocycles. The number of amides is 1. The molecule has 0 radical (unpaired) electrons. The fourth-order valence-corrected chi connectivity index (χ4v) is 3.96. The molecular weight excluding hydrogens is 423 g/mol. The maximum atomic E-state index is 13.1. The van der Waals surface area contributed by atoms with Crippen molar-refractivity contribution in [2.45, 2.75) is 5.38 Å². The predicted molar refractivity (Wildman–Crippen MR) is 118 cm³/mol. The highest BCUT2D eigenvalue weighted by Crippen LogP contribution is 2.33. The number of hydrogen-bond acceptors (Lipinski definition) is 4. The van der Waals surface area contributed by atoms with Crippen molar-refractivity contribution in [2.24, 2.45) is 7.05 Å². The highest BCUT2D eigenvalue weighted by molar-refractivity contribution is 6.39. The topological polar surface area (TPSA) is 76.9 Å². The molecule has 30 heavy (non-hydrogen) atoms. The molecule has 0 saturated heterocycles. The zero-order valence-electron chi connectivity index (χ0n) is 15.8. The molecule has 3 heterocycles. The number of allylic oxidation sites excluding steroid dienone is 5. The average molecular weight is 439 g/mol. The number of aryl methyl sites for hydroxylation is 1. The Morgan fingerprint density at radius 3 is 2.67 bits per heavy atom. The van der Waals surface area contributed by atoms with Crippen LogP contribution in [0.3, 0.4) is 0 Å². The van der Waals surface area contributed by atoms with Gasteiger partial charge in [-0.15, -0.1) is 11.6 Å². The van der Waals surface area contributed by atoms with Crippen LogP contribution in [0.5, 0.6) is 0 Å². The summed E-state index contributed by atoms with van der Waals surface area (Å²) in [6.45, 7) is 0. The van der Waals surface area contributed by atoms with Crippen LogP contribution in [0.25, 0.3) is 16.5 Å². The summed E-state index contributed by atoms with van der Waals surface area (Å²) in [5, 5.41) is 3.10. The summed E-state index contributed by atoms with van der Waals surface area (Å²) >= 11 is 13.2. The van der Waals surface area contributed by atoms with Gasteiger partial charge in [0.15, 0.2) is 0 Å². The molecule has 1 amide bonds. The van der Waals surface area contributed by atoms with Crippen molar-refractivity contribution < 1.29 is 4.79 Å². The lowest BCUT2D eigenvalue weighted by atomic mass is 10.0. The third-order valence-electron chi connectivity index (χ3n) is 4.80. The second-order valence-electron chi connectivity index (χ2n) is 6.64. The van der Waals surface area contributed by atoms with Crippen LogP contribution in [0.2, 0.25) is 0 Å². The predicted octanol–water partition coefficient (Wildman–Crippen LogP) is 3.77. The first-order valence-electron chi connectivity index (χ1n) is 9.05. The van der Waals surface area contributed by atoms with Crippen molar-refractivity contribution in [1.82, 2.24) is 19.9 Å². The van der Waals surface area contributed by atoms with Crippen molar-refractivity contribution in [3.63, 3.8) is 0 Å². The Morgan fingerprint density at radius 2 is 1.90 bits per heavy atom. The van der Waals surface area contributed by atoms with Gasteiger partial charge < -0.3 is 9.88 Å². The zero-order chi connectivity index (χ0) is 21.3. The molecule has 3 aromatic rings. The maximum absolute atomic E-state index is 13.1. The molecule has 1 N–H and O–H groups in total. The molecule has 1 aliphatic carbocycles. The number of alkyl halides is 1. The van der Waals surface area contributed by atoms with Gasteiger partial charge in [0.1, 0.15) is 0 Å². The minimum absolute atomic E-state index is 0.197. The number of halogens is 2. The zero-order valence-corrected chi connectivity index (χ0v) is 17.4. The van der Waals surface area contributed by atoms with Gasteiger partial charge in [-0.1, -0.05) is 23.8 Å². The third-order valence-corrected chi connectivity index (χ3v) is 5.57. The van der Waals surface area contributed by atoms with E-state index in [1.807, 2.05) is 0 Å². The normalized spacial score (nSPS) is 16.4. The second kappa shape index (κ2) is 8.26. The van der Waals surface area contributed by atoms with Crippen LogP contribution in [0, 0.1) is 0 Å². The van der Waals surface area contributed by atoms with Gasteiger partial charge in [-0.2, -0.15) is 0 Å². The number of carbonyl (C=O) groups excluding carboxylic acids is 1. The molecule has 1 unspecified atom stereocenters. The van der Waals surface area contributed by atoms with Gasteiger partial charge in [0, 0.05) is 53.9 Å². The molecule has 4 rings (SSSR count). The quantitative estimate of drug-likeness (QED) is 0.631. The van der Waals surface area contributed by atoms with E-state index in [9.17, 15) is 9.59 Å². The molecule has 0 spiro atoms. The first-order chi connectivity index (χ1) is 14.5. The number of aromatic nitrogens is 3. The molecule has 1 aliphatic rings. The summed E-state index contributed by atoms with van der Waals surface area (Å²) in [6, 6.07) is 6.68. The van der Waals surface area contributed by atoms with E-state index in [1.165, 1.54) is 17.0 Å². The summed E-state index contributed by atoms with van der Waals surface area (Å²) in [7, 11) is 1.68. The number of carbonyl (C=O) groups is 1. The number of nitrogens with one attached hydrogen (secondary N) is 1. The molecule has 0 saturated carbocycles. The number of hydrogen-bond donors (Lipinski definition) is 1. The summed E-state index contributed by atoms with van der Waals surface area (Å²) in [5.74, 6) is -0.349. The van der Waals surface area contributed by atoms with Gasteiger partial charge in [-0.05, 0) is 30.3 Å². The third kappa shape index (κ3) is 3.67. The molecule has 6 nitrogen and oxygen atoms in total. The van der Waals surface area contributed by atoms with Crippen LogP contribution in [0.15, 0.2) is 82.8 Å². The van der Waals surface area contributed by atoms with Crippen molar-refractivity contribution in [1.29, 1.82) is 0 Å². The Labute approximate surface area is 182 Å². The smallest absolute Gasteiger partial charge is 0.258 e. The Hall–Kier alpha value is -3.22. The van der Waals surface area contributed by atoms with E-state index in [2.05, 4.69) is 15.3 Å². The van der Waals surface area contributed by atoms with Gasteiger partial charge in [0.25, 0.3) is 11.5 Å². The molecule has 0 aromatic carbocycles. The highest BCUT2D eigenvalue weighted by atomic mass is 35.5. The SMILES string of the molecule is Cn1c(=O)c(C2=C(Cl)C(NC(=O)c3ccncc3)=CC=CC2Cl)cc2cnccc21. The Balaban J connectivity index is 1.83. The number of rotatable bonds is 3. The number of nitrogens with zero attached hydrogens (tertiary/aromatic N) is 3. The Morgan fingerprint density at radius 1 is 1.17 bits per heavy atom. The van der Waals surface area contributed by atoms with E-state index in [0.29, 0.717) is 22.4 Å². The van der Waals surface area contributed by atoms with E-state index in [1.54, 1.807) is 61.9 Å². The van der Waals surface area contributed by atoms with Gasteiger partial charge in [0.05, 0.1) is 21.6 Å². The minimum Gasteiger partial charge on any atom is -0.321 e. The summed E-state index contributed by atoms with van der Waals surface area (Å²) in [6.07, 6.45) is 11.4. The van der Waals surface area contributed by atoms with Gasteiger partial charge in [-0.25, -0.2) is 0 Å². The van der Waals surface area contributed by atoms with Crippen LogP contribution < -0.4 is 10.9 Å². The van der Waals surface area contributed by atoms with Crippen molar-refractivity contribution >= 4 is 45.6 Å². The van der Waals surface area contributed by atoms with Crippen molar-refractivity contribution in [3.05, 3.63) is 99.5 Å². The molecule has 1 atom stereocenters. The number of fused-ring (bicyclic) bond motifs is 1. The Kier molecular flexibility index (Phi) is 5.53. The van der Waals surface area contributed by atoms with Crippen LogP contribution in [-0.2, 0) is 7.05 Å². The maximum Gasteiger partial charge on any atom is 0.258 e. The first-order valence-corrected chi connectivity index (χ1v) is 9.87. The lowest BCUT2D eigenvalue weighted by molar-refractivity contribution is 0.0967. The summed E-state index contributed by atoms with van der Waals surface area (Å²) < 4.78 is 1.53. The lowest BCUT2D eigenvalue weighted by Gasteiger charge is -2.17. The summed E-state index contributed by atoms with van der Waals surface area (Å²) in [5.41, 5.74) is 2.04. The lowest BCUT2D eigenvalue weighted by Crippen LogP contribution is -2.25. The highest BCUT2D eigenvalue weighted by Gasteiger charge is 2.24. The van der Waals surface area contributed by atoms with Crippen LogP contribution in [0.1, 0.15) is 15.9 Å². The fourth-order valence-electron chi connectivity index (χ4n) is 3.26. The molecule has 150 valence electrons. The molecule has 0 bridgehead atoms. The van der Waals surface area contributed by atoms with Crippen LogP contribution in [-0.4, -0.2) is 25.8 Å². The van der Waals surface area contributed by atoms with Crippen molar-refractivity contribution in [3.8, 4) is 0 Å². The molecule has 0 aliphatic heterocycles.